The highest BCUT2D eigenvalue weighted by atomic mass is 35.5. The predicted molar refractivity (Wildman–Crippen MR) is 119 cm³/mol. The van der Waals surface area contributed by atoms with Gasteiger partial charge in [0, 0.05) is 12.1 Å². The second-order valence-corrected chi connectivity index (χ2v) is 11.6. The van der Waals surface area contributed by atoms with Gasteiger partial charge in [0.15, 0.2) is 4.33 Å². The van der Waals surface area contributed by atoms with Crippen molar-refractivity contribution in [2.45, 2.75) is 26.9 Å². The first-order valence-electron chi connectivity index (χ1n) is 9.33. The number of imide groups is 1. The molecule has 1 aromatic rings. The quantitative estimate of drug-likeness (QED) is 0.211. The van der Waals surface area contributed by atoms with Crippen molar-refractivity contribution in [2.24, 2.45) is 23.7 Å². The molecule has 31 heavy (non-hydrogen) atoms. The van der Waals surface area contributed by atoms with E-state index in [9.17, 15) is 19.7 Å². The van der Waals surface area contributed by atoms with E-state index in [1.165, 1.54) is 24.3 Å². The number of amides is 2. The molecule has 6 nitrogen and oxygen atoms in total. The Hall–Kier alpha value is -0.760. The van der Waals surface area contributed by atoms with Crippen molar-refractivity contribution in [3.8, 4) is 0 Å². The average molecular weight is 545 g/mol. The van der Waals surface area contributed by atoms with E-state index in [4.69, 9.17) is 69.6 Å². The lowest BCUT2D eigenvalue weighted by molar-refractivity contribution is -0.384. The molecule has 1 aliphatic heterocycles. The van der Waals surface area contributed by atoms with Gasteiger partial charge in [-0.05, 0) is 36.8 Å². The number of nitrogens with zero attached hydrogens (tertiary/aromatic N) is 2. The van der Waals surface area contributed by atoms with Gasteiger partial charge >= 0.3 is 0 Å². The van der Waals surface area contributed by atoms with Crippen LogP contribution >= 0.6 is 69.6 Å². The molecule has 2 saturated carbocycles. The predicted octanol–water partition coefficient (Wildman–Crippen LogP) is 5.57. The van der Waals surface area contributed by atoms with Gasteiger partial charge in [0.2, 0.25) is 11.8 Å². The number of carbonyl (C=O) groups excluding carboxylic acids is 2. The number of rotatable bonds is 2. The van der Waals surface area contributed by atoms with Crippen molar-refractivity contribution in [1.82, 2.24) is 0 Å². The van der Waals surface area contributed by atoms with Crippen LogP contribution in [-0.4, -0.2) is 30.8 Å². The van der Waals surface area contributed by atoms with Crippen LogP contribution in [0.4, 0.5) is 11.4 Å². The molecule has 0 radical (unpaired) electrons. The van der Waals surface area contributed by atoms with Crippen molar-refractivity contribution >= 4 is 92.8 Å². The van der Waals surface area contributed by atoms with E-state index in [1.807, 2.05) is 0 Å². The summed E-state index contributed by atoms with van der Waals surface area (Å²) in [7, 11) is 0. The number of anilines is 1. The minimum atomic E-state index is -1.71. The Bertz CT molecular complexity index is 1040. The number of allylic oxidation sites excluding steroid dienone is 2. The van der Waals surface area contributed by atoms with Gasteiger partial charge < -0.3 is 0 Å². The molecule has 0 N–H and O–H groups in total. The minimum absolute atomic E-state index is 0.0690. The number of hydrogen-bond donors (Lipinski definition) is 0. The summed E-state index contributed by atoms with van der Waals surface area (Å²) in [5.74, 6) is -3.07. The van der Waals surface area contributed by atoms with Gasteiger partial charge in [-0.25, -0.2) is 0 Å². The maximum absolute atomic E-state index is 13.2. The molecule has 3 aliphatic carbocycles. The largest absolute Gasteiger partial charge is 0.274 e. The van der Waals surface area contributed by atoms with Crippen LogP contribution in [-0.2, 0) is 9.59 Å². The Morgan fingerprint density at radius 2 is 1.29 bits per heavy atom. The molecule has 12 heteroatoms. The Kier molecular flexibility index (Phi) is 4.73. The number of alkyl halides is 4. The molecule has 1 aromatic carbocycles. The van der Waals surface area contributed by atoms with Crippen LogP contribution in [0.3, 0.4) is 0 Å². The average Bonchev–Trinajstić information content (AvgIpc) is 3.10. The number of benzene rings is 1. The highest BCUT2D eigenvalue weighted by molar-refractivity contribution is 6.65. The Balaban J connectivity index is 1.52. The standard InChI is InChI=1S/C19H12Cl6N2O4/c20-13-14(21)18(23)12-6-10-9(5-11(12)17(13,22)19(18,24)25)15(28)26(16(10)29)7-1-3-8(4-2-7)27(30)31/h1-4,9-12H,5-6H2/t9-,10+,11-,12-,17-,18-/m1/s1. The van der Waals surface area contributed by atoms with E-state index < -0.39 is 54.5 Å². The minimum Gasteiger partial charge on any atom is -0.274 e. The van der Waals surface area contributed by atoms with Crippen LogP contribution < -0.4 is 4.90 Å². The van der Waals surface area contributed by atoms with Crippen LogP contribution in [0.15, 0.2) is 34.3 Å². The molecule has 3 fully saturated rings. The molecule has 0 aromatic heterocycles. The van der Waals surface area contributed by atoms with Crippen LogP contribution in [0, 0.1) is 33.8 Å². The van der Waals surface area contributed by atoms with Gasteiger partial charge in [-0.3, -0.25) is 24.6 Å². The fourth-order valence-electron chi connectivity index (χ4n) is 5.70. The van der Waals surface area contributed by atoms with Gasteiger partial charge in [-0.15, -0.1) is 23.2 Å². The van der Waals surface area contributed by atoms with Crippen molar-refractivity contribution < 1.29 is 14.5 Å². The zero-order valence-electron chi connectivity index (χ0n) is 15.3. The number of non-ortho nitro benzene ring substituents is 1. The highest BCUT2D eigenvalue weighted by Gasteiger charge is 2.83. The smallest absolute Gasteiger partial charge is 0.269 e. The molecule has 1 saturated heterocycles. The van der Waals surface area contributed by atoms with Gasteiger partial charge in [-0.1, -0.05) is 46.4 Å². The first-order chi connectivity index (χ1) is 14.4. The van der Waals surface area contributed by atoms with Crippen LogP contribution in [0.2, 0.25) is 0 Å². The van der Waals surface area contributed by atoms with Gasteiger partial charge in [0.25, 0.3) is 5.69 Å². The molecule has 2 bridgehead atoms. The number of hydrogen-bond acceptors (Lipinski definition) is 4. The Morgan fingerprint density at radius 1 is 0.871 bits per heavy atom. The number of fused-ring (bicyclic) bond motifs is 6. The molecule has 5 rings (SSSR count). The molecule has 164 valence electrons. The summed E-state index contributed by atoms with van der Waals surface area (Å²) in [5, 5.41) is 11.0. The number of halogens is 6. The first kappa shape index (κ1) is 22.1. The molecule has 1 heterocycles. The number of nitro benzene ring substituents is 1. The zero-order chi connectivity index (χ0) is 22.7. The summed E-state index contributed by atoms with van der Waals surface area (Å²) >= 11 is 39.8. The lowest BCUT2D eigenvalue weighted by Crippen LogP contribution is -2.44. The van der Waals surface area contributed by atoms with Crippen molar-refractivity contribution in [2.75, 3.05) is 4.90 Å². The number of carbonyl (C=O) groups is 2. The highest BCUT2D eigenvalue weighted by Crippen LogP contribution is 2.79. The van der Waals surface area contributed by atoms with E-state index in [0.29, 0.717) is 0 Å². The van der Waals surface area contributed by atoms with E-state index in [0.717, 1.165) is 4.90 Å². The van der Waals surface area contributed by atoms with Crippen LogP contribution in [0.1, 0.15) is 12.8 Å². The normalized spacial score (nSPS) is 40.4. The van der Waals surface area contributed by atoms with Crippen molar-refractivity contribution in [1.29, 1.82) is 0 Å². The lowest BCUT2D eigenvalue weighted by atomic mass is 9.65. The third-order valence-electron chi connectivity index (χ3n) is 7.15. The van der Waals surface area contributed by atoms with E-state index in [2.05, 4.69) is 0 Å². The topological polar surface area (TPSA) is 80.5 Å². The zero-order valence-corrected chi connectivity index (χ0v) is 19.9. The van der Waals surface area contributed by atoms with E-state index in [-0.39, 0.29) is 34.3 Å². The monoisotopic (exact) mass is 542 g/mol. The third-order valence-corrected chi connectivity index (χ3v) is 11.5. The maximum Gasteiger partial charge on any atom is 0.269 e. The fraction of sp³-hybridized carbons (Fsp3) is 0.474. The summed E-state index contributed by atoms with van der Waals surface area (Å²) < 4.78 is -1.71. The van der Waals surface area contributed by atoms with Crippen molar-refractivity contribution in [3.05, 3.63) is 44.4 Å². The van der Waals surface area contributed by atoms with Crippen molar-refractivity contribution in [3.63, 3.8) is 0 Å². The second kappa shape index (κ2) is 6.64. The Labute approximate surface area is 206 Å². The summed E-state index contributed by atoms with van der Waals surface area (Å²) in [4.78, 5) is 34.9. The molecule has 0 unspecified atom stereocenters. The summed E-state index contributed by atoms with van der Waals surface area (Å²) in [6, 6.07) is 5.24. The summed E-state index contributed by atoms with van der Waals surface area (Å²) in [6.45, 7) is 0. The lowest BCUT2D eigenvalue weighted by Gasteiger charge is -2.42. The van der Waals surface area contributed by atoms with Gasteiger partial charge in [0.05, 0.1) is 32.5 Å². The van der Waals surface area contributed by atoms with Crippen LogP contribution in [0.25, 0.3) is 0 Å². The van der Waals surface area contributed by atoms with Gasteiger partial charge in [0.1, 0.15) is 9.75 Å². The third kappa shape index (κ3) is 2.39. The SMILES string of the molecule is O=C1[C@H]2C[C@@H]3[C@@H](C[C@H]2C(=O)N1c1ccc([N+](=O)[O-])cc1)[C@@]1(Cl)C(Cl)=C(Cl)[C@@]3(Cl)C1(Cl)Cl. The van der Waals surface area contributed by atoms with E-state index in [1.54, 1.807) is 0 Å². The molecule has 4 aliphatic rings. The number of nitro groups is 1. The maximum atomic E-state index is 13.2. The molecule has 2 amide bonds. The van der Waals surface area contributed by atoms with Gasteiger partial charge in [-0.2, -0.15) is 0 Å². The molecule has 0 spiro atoms. The van der Waals surface area contributed by atoms with Crippen LogP contribution in [0.5, 0.6) is 0 Å². The summed E-state index contributed by atoms with van der Waals surface area (Å²) in [5.41, 5.74) is 0.123. The Morgan fingerprint density at radius 3 is 1.68 bits per heavy atom. The summed E-state index contributed by atoms with van der Waals surface area (Å²) in [6.07, 6.45) is 0.422. The fourth-order valence-corrected chi connectivity index (χ4v) is 8.81. The molecular formula is C19H12Cl6N2O4. The molecule has 6 atom stereocenters. The first-order valence-corrected chi connectivity index (χ1v) is 11.6. The van der Waals surface area contributed by atoms with E-state index >= 15 is 0 Å². The second-order valence-electron chi connectivity index (χ2n) is 8.31. The molecular weight excluding hydrogens is 533 g/mol.